The summed E-state index contributed by atoms with van der Waals surface area (Å²) in [5.41, 5.74) is 0.488. The number of amides is 2. The second-order valence-corrected chi connectivity index (χ2v) is 5.92. The number of carboxylic acids is 1. The van der Waals surface area contributed by atoms with Gasteiger partial charge in [-0.05, 0) is 12.5 Å². The van der Waals surface area contributed by atoms with Gasteiger partial charge in [0.05, 0.1) is 0 Å². The molecule has 7 heteroatoms. The summed E-state index contributed by atoms with van der Waals surface area (Å²) in [6, 6.07) is 6.41. The number of urea groups is 1. The molecule has 0 aromatic heterocycles. The Labute approximate surface area is 120 Å². The summed E-state index contributed by atoms with van der Waals surface area (Å²) in [5.74, 6) is -0.825. The zero-order chi connectivity index (χ0) is 15.1. The lowest BCUT2D eigenvalue weighted by molar-refractivity contribution is -0.139. The van der Waals surface area contributed by atoms with Crippen molar-refractivity contribution in [1.29, 1.82) is 0 Å². The number of rotatable bonds is 6. The first-order valence-corrected chi connectivity index (χ1v) is 7.77. The van der Waals surface area contributed by atoms with E-state index in [-0.39, 0.29) is 6.04 Å². The molecular weight excluding hydrogens is 280 g/mol. The second-order valence-electron chi connectivity index (χ2n) is 4.44. The fraction of sp³-hybridized carbons (Fsp3) is 0.385. The summed E-state index contributed by atoms with van der Waals surface area (Å²) >= 11 is 0. The average Bonchev–Trinajstić information content (AvgIpc) is 2.35. The third-order valence-corrected chi connectivity index (χ3v) is 3.49. The van der Waals surface area contributed by atoms with E-state index >= 15 is 0 Å². The molecular formula is C13H18N2O4S. The van der Waals surface area contributed by atoms with Gasteiger partial charge in [0.2, 0.25) is 0 Å². The van der Waals surface area contributed by atoms with Crippen molar-refractivity contribution in [3.8, 4) is 0 Å². The van der Waals surface area contributed by atoms with Gasteiger partial charge in [-0.1, -0.05) is 30.3 Å². The zero-order valence-electron chi connectivity index (χ0n) is 11.3. The minimum absolute atomic E-state index is 0.300. The van der Waals surface area contributed by atoms with E-state index in [1.807, 2.05) is 0 Å². The highest BCUT2D eigenvalue weighted by atomic mass is 32.2. The molecule has 0 fully saturated rings. The van der Waals surface area contributed by atoms with E-state index in [4.69, 9.17) is 5.11 Å². The molecule has 2 amide bonds. The van der Waals surface area contributed by atoms with E-state index in [2.05, 4.69) is 10.6 Å². The standard InChI is InChI=1S/C13H18N2O4S/c1-9(8-20(2)19)14-13(18)15-11(12(16)17)10-6-4-3-5-7-10/h3-7,9,11H,8H2,1-2H3,(H,16,17)(H2,14,15,18)/t9?,11-,20?/m1/s1. The molecule has 0 saturated carbocycles. The molecule has 0 spiro atoms. The molecule has 20 heavy (non-hydrogen) atoms. The van der Waals surface area contributed by atoms with Gasteiger partial charge in [0.1, 0.15) is 0 Å². The number of benzene rings is 1. The molecule has 0 bridgehead atoms. The second kappa shape index (κ2) is 7.64. The lowest BCUT2D eigenvalue weighted by atomic mass is 10.1. The molecule has 1 aromatic carbocycles. The van der Waals surface area contributed by atoms with Crippen LogP contribution in [0.4, 0.5) is 4.79 Å². The Morgan fingerprint density at radius 3 is 2.35 bits per heavy atom. The van der Waals surface area contributed by atoms with Crippen LogP contribution in [0.15, 0.2) is 30.3 Å². The van der Waals surface area contributed by atoms with Crippen LogP contribution in [0.3, 0.4) is 0 Å². The van der Waals surface area contributed by atoms with Gasteiger partial charge in [-0.25, -0.2) is 9.59 Å². The Kier molecular flexibility index (Phi) is 6.17. The normalized spacial score (nSPS) is 14.9. The number of aliphatic carboxylic acids is 1. The lowest BCUT2D eigenvalue weighted by Crippen LogP contribution is -2.45. The van der Waals surface area contributed by atoms with E-state index in [1.54, 1.807) is 43.5 Å². The Balaban J connectivity index is 2.65. The number of carbonyl (C=O) groups is 2. The van der Waals surface area contributed by atoms with Crippen LogP contribution in [0.5, 0.6) is 0 Å². The summed E-state index contributed by atoms with van der Waals surface area (Å²) in [6.45, 7) is 1.71. The number of carboxylic acid groups (broad SMARTS) is 1. The van der Waals surface area contributed by atoms with Crippen LogP contribution in [0.25, 0.3) is 0 Å². The molecule has 1 aromatic rings. The molecule has 1 rings (SSSR count). The largest absolute Gasteiger partial charge is 0.479 e. The Morgan fingerprint density at radius 2 is 1.85 bits per heavy atom. The minimum atomic E-state index is -1.14. The molecule has 0 heterocycles. The maximum atomic E-state index is 11.7. The summed E-state index contributed by atoms with van der Waals surface area (Å²) in [4.78, 5) is 22.9. The van der Waals surface area contributed by atoms with Crippen molar-refractivity contribution in [1.82, 2.24) is 10.6 Å². The van der Waals surface area contributed by atoms with Crippen LogP contribution < -0.4 is 10.6 Å². The summed E-state index contributed by atoms with van der Waals surface area (Å²) in [6.07, 6.45) is 1.54. The molecule has 3 N–H and O–H groups in total. The highest BCUT2D eigenvalue weighted by molar-refractivity contribution is 7.84. The molecule has 0 aliphatic heterocycles. The van der Waals surface area contributed by atoms with E-state index in [9.17, 15) is 13.8 Å². The summed E-state index contributed by atoms with van der Waals surface area (Å²) < 4.78 is 11.0. The third-order valence-electron chi connectivity index (χ3n) is 2.52. The molecule has 110 valence electrons. The van der Waals surface area contributed by atoms with Crippen molar-refractivity contribution < 1.29 is 18.9 Å². The molecule has 0 saturated heterocycles. The van der Waals surface area contributed by atoms with E-state index in [0.717, 1.165) is 0 Å². The smallest absolute Gasteiger partial charge is 0.330 e. The molecule has 6 nitrogen and oxygen atoms in total. The number of carbonyl (C=O) groups excluding carboxylic acids is 1. The average molecular weight is 298 g/mol. The first kappa shape index (κ1) is 16.2. The van der Waals surface area contributed by atoms with Gasteiger partial charge in [-0.15, -0.1) is 0 Å². The first-order valence-electron chi connectivity index (χ1n) is 6.05. The van der Waals surface area contributed by atoms with Gasteiger partial charge >= 0.3 is 12.0 Å². The number of nitrogens with one attached hydrogen (secondary N) is 2. The van der Waals surface area contributed by atoms with Gasteiger partial charge in [0.25, 0.3) is 0 Å². The minimum Gasteiger partial charge on any atom is -0.479 e. The van der Waals surface area contributed by atoms with Crippen molar-refractivity contribution >= 4 is 22.8 Å². The first-order chi connectivity index (χ1) is 9.40. The van der Waals surface area contributed by atoms with Crippen LogP contribution >= 0.6 is 0 Å². The SMILES string of the molecule is CC(CS(C)=O)NC(=O)N[C@@H](C(=O)O)c1ccccc1. The third kappa shape index (κ3) is 5.40. The molecule has 2 unspecified atom stereocenters. The highest BCUT2D eigenvalue weighted by Gasteiger charge is 2.22. The van der Waals surface area contributed by atoms with Crippen LogP contribution in [-0.2, 0) is 15.6 Å². The Morgan fingerprint density at radius 1 is 1.25 bits per heavy atom. The van der Waals surface area contributed by atoms with Crippen molar-refractivity contribution in [3.05, 3.63) is 35.9 Å². The Hall–Kier alpha value is -1.89. The van der Waals surface area contributed by atoms with Crippen LogP contribution in [0, 0.1) is 0 Å². The van der Waals surface area contributed by atoms with Crippen LogP contribution in [0.2, 0.25) is 0 Å². The fourth-order valence-electron chi connectivity index (χ4n) is 1.72. The summed E-state index contributed by atoms with van der Waals surface area (Å²) in [5, 5.41) is 14.1. The maximum Gasteiger partial charge on any atom is 0.330 e. The quantitative estimate of drug-likeness (QED) is 0.726. The fourth-order valence-corrected chi connectivity index (χ4v) is 2.51. The summed E-state index contributed by atoms with van der Waals surface area (Å²) in [7, 11) is -1.03. The molecule has 0 aliphatic rings. The van der Waals surface area contributed by atoms with E-state index < -0.39 is 28.8 Å². The van der Waals surface area contributed by atoms with E-state index in [0.29, 0.717) is 11.3 Å². The number of hydrogen-bond donors (Lipinski definition) is 3. The predicted octanol–water partition coefficient (Wildman–Crippen LogP) is 0.879. The van der Waals surface area contributed by atoms with Crippen LogP contribution in [0.1, 0.15) is 18.5 Å². The maximum absolute atomic E-state index is 11.7. The van der Waals surface area contributed by atoms with Gasteiger partial charge in [0.15, 0.2) is 6.04 Å². The zero-order valence-corrected chi connectivity index (χ0v) is 12.1. The van der Waals surface area contributed by atoms with Gasteiger partial charge < -0.3 is 15.7 Å². The monoisotopic (exact) mass is 298 g/mol. The van der Waals surface area contributed by atoms with Crippen molar-refractivity contribution in [2.24, 2.45) is 0 Å². The highest BCUT2D eigenvalue weighted by Crippen LogP contribution is 2.12. The van der Waals surface area contributed by atoms with Crippen LogP contribution in [-0.4, -0.2) is 39.4 Å². The lowest BCUT2D eigenvalue weighted by Gasteiger charge is -2.18. The number of hydrogen-bond acceptors (Lipinski definition) is 3. The van der Waals surface area contributed by atoms with Gasteiger partial charge in [-0.3, -0.25) is 4.21 Å². The molecule has 3 atom stereocenters. The molecule has 0 radical (unpaired) electrons. The van der Waals surface area contributed by atoms with Gasteiger partial charge in [0, 0.05) is 28.9 Å². The van der Waals surface area contributed by atoms with E-state index in [1.165, 1.54) is 0 Å². The van der Waals surface area contributed by atoms with Crippen molar-refractivity contribution in [3.63, 3.8) is 0 Å². The predicted molar refractivity (Wildman–Crippen MR) is 76.9 cm³/mol. The Bertz CT molecular complexity index is 492. The molecule has 0 aliphatic carbocycles. The van der Waals surface area contributed by atoms with Crippen molar-refractivity contribution in [2.75, 3.05) is 12.0 Å². The van der Waals surface area contributed by atoms with Gasteiger partial charge in [-0.2, -0.15) is 0 Å². The topological polar surface area (TPSA) is 95.5 Å². The van der Waals surface area contributed by atoms with Crippen molar-refractivity contribution in [2.45, 2.75) is 19.0 Å².